The molecule has 2 heteroatoms. The van der Waals surface area contributed by atoms with E-state index >= 15 is 0 Å². The SMILES string of the molecule is CN[C@@H]1Cc2ccccc2[C@@H]1Cl. The van der Waals surface area contributed by atoms with Gasteiger partial charge in [-0.3, -0.25) is 0 Å². The average molecular weight is 182 g/mol. The lowest BCUT2D eigenvalue weighted by atomic mass is 10.1. The van der Waals surface area contributed by atoms with E-state index in [0.29, 0.717) is 6.04 Å². The molecule has 0 heterocycles. The first-order valence-corrected chi connectivity index (χ1v) is 4.65. The fourth-order valence-corrected chi connectivity index (χ4v) is 2.22. The molecule has 64 valence electrons. The van der Waals surface area contributed by atoms with Gasteiger partial charge in [-0.15, -0.1) is 11.6 Å². The van der Waals surface area contributed by atoms with Crippen LogP contribution in [-0.2, 0) is 6.42 Å². The third kappa shape index (κ3) is 1.13. The maximum Gasteiger partial charge on any atom is 0.0744 e. The van der Waals surface area contributed by atoms with Gasteiger partial charge in [0.05, 0.1) is 5.38 Å². The summed E-state index contributed by atoms with van der Waals surface area (Å²) in [7, 11) is 1.96. The zero-order chi connectivity index (χ0) is 8.55. The highest BCUT2D eigenvalue weighted by atomic mass is 35.5. The number of halogens is 1. The fraction of sp³-hybridized carbons (Fsp3) is 0.400. The fourth-order valence-electron chi connectivity index (χ4n) is 1.79. The van der Waals surface area contributed by atoms with Crippen molar-refractivity contribution in [3.63, 3.8) is 0 Å². The van der Waals surface area contributed by atoms with Crippen molar-refractivity contribution in [1.29, 1.82) is 0 Å². The summed E-state index contributed by atoms with van der Waals surface area (Å²) < 4.78 is 0. The highest BCUT2D eigenvalue weighted by Gasteiger charge is 2.28. The van der Waals surface area contributed by atoms with Gasteiger partial charge in [0.2, 0.25) is 0 Å². The molecule has 0 unspecified atom stereocenters. The molecule has 2 rings (SSSR count). The van der Waals surface area contributed by atoms with Gasteiger partial charge in [0.25, 0.3) is 0 Å². The van der Waals surface area contributed by atoms with E-state index in [1.165, 1.54) is 11.1 Å². The van der Waals surface area contributed by atoms with Gasteiger partial charge in [-0.05, 0) is 24.6 Å². The Balaban J connectivity index is 2.35. The zero-order valence-corrected chi connectivity index (χ0v) is 7.81. The van der Waals surface area contributed by atoms with Gasteiger partial charge in [0.1, 0.15) is 0 Å². The summed E-state index contributed by atoms with van der Waals surface area (Å²) in [6.07, 6.45) is 1.06. The second-order valence-corrected chi connectivity index (χ2v) is 3.67. The van der Waals surface area contributed by atoms with Crippen LogP contribution in [0, 0.1) is 0 Å². The molecule has 0 saturated carbocycles. The zero-order valence-electron chi connectivity index (χ0n) is 7.05. The number of benzene rings is 1. The first-order chi connectivity index (χ1) is 5.83. The molecule has 0 radical (unpaired) electrons. The van der Waals surface area contributed by atoms with Gasteiger partial charge in [-0.1, -0.05) is 24.3 Å². The summed E-state index contributed by atoms with van der Waals surface area (Å²) in [5, 5.41) is 3.37. The van der Waals surface area contributed by atoms with Crippen LogP contribution >= 0.6 is 11.6 Å². The van der Waals surface area contributed by atoms with Crippen LogP contribution in [-0.4, -0.2) is 13.1 Å². The number of alkyl halides is 1. The molecule has 1 aliphatic rings. The van der Waals surface area contributed by atoms with Crippen molar-refractivity contribution in [2.24, 2.45) is 0 Å². The lowest BCUT2D eigenvalue weighted by Gasteiger charge is -2.11. The monoisotopic (exact) mass is 181 g/mol. The molecule has 1 aromatic carbocycles. The Morgan fingerprint density at radius 3 is 2.83 bits per heavy atom. The Morgan fingerprint density at radius 1 is 1.42 bits per heavy atom. The molecule has 1 aromatic rings. The first kappa shape index (κ1) is 8.09. The van der Waals surface area contributed by atoms with E-state index in [2.05, 4.69) is 23.5 Å². The Hall–Kier alpha value is -0.530. The smallest absolute Gasteiger partial charge is 0.0744 e. The summed E-state index contributed by atoms with van der Waals surface area (Å²) in [4.78, 5) is 0. The van der Waals surface area contributed by atoms with E-state index in [9.17, 15) is 0 Å². The molecular formula is C10H12ClN. The van der Waals surface area contributed by atoms with Crippen LogP contribution in [0.5, 0.6) is 0 Å². The van der Waals surface area contributed by atoms with Crippen LogP contribution in [0.25, 0.3) is 0 Å². The summed E-state index contributed by atoms with van der Waals surface area (Å²) in [5.74, 6) is 0. The Labute approximate surface area is 77.7 Å². The van der Waals surface area contributed by atoms with Crippen LogP contribution in [0.2, 0.25) is 0 Å². The van der Waals surface area contributed by atoms with Gasteiger partial charge in [-0.25, -0.2) is 0 Å². The van der Waals surface area contributed by atoms with E-state index in [4.69, 9.17) is 11.6 Å². The maximum atomic E-state index is 6.25. The lowest BCUT2D eigenvalue weighted by molar-refractivity contribution is 0.580. The first-order valence-electron chi connectivity index (χ1n) is 4.22. The maximum absolute atomic E-state index is 6.25. The van der Waals surface area contributed by atoms with Crippen LogP contribution in [0.4, 0.5) is 0 Å². The molecule has 1 nitrogen and oxygen atoms in total. The molecule has 0 aliphatic heterocycles. The Morgan fingerprint density at radius 2 is 2.17 bits per heavy atom. The van der Waals surface area contributed by atoms with E-state index < -0.39 is 0 Å². The lowest BCUT2D eigenvalue weighted by Crippen LogP contribution is -2.26. The highest BCUT2D eigenvalue weighted by molar-refractivity contribution is 6.21. The van der Waals surface area contributed by atoms with Gasteiger partial charge < -0.3 is 5.32 Å². The van der Waals surface area contributed by atoms with Crippen LogP contribution < -0.4 is 5.32 Å². The van der Waals surface area contributed by atoms with Gasteiger partial charge in [0, 0.05) is 6.04 Å². The van der Waals surface area contributed by atoms with Crippen molar-refractivity contribution in [1.82, 2.24) is 5.32 Å². The van der Waals surface area contributed by atoms with Gasteiger partial charge in [0.15, 0.2) is 0 Å². The summed E-state index contributed by atoms with van der Waals surface area (Å²) in [6.45, 7) is 0. The van der Waals surface area contributed by atoms with E-state index in [1.807, 2.05) is 13.1 Å². The number of likely N-dealkylation sites (N-methyl/N-ethyl adjacent to an activating group) is 1. The predicted octanol–water partition coefficient (Wildman–Crippen LogP) is 2.11. The number of nitrogens with one attached hydrogen (secondary N) is 1. The second kappa shape index (κ2) is 3.08. The van der Waals surface area contributed by atoms with Crippen LogP contribution in [0.15, 0.2) is 24.3 Å². The molecule has 0 saturated heterocycles. The molecule has 0 bridgehead atoms. The van der Waals surface area contributed by atoms with Crippen molar-refractivity contribution in [2.75, 3.05) is 7.05 Å². The third-order valence-corrected chi connectivity index (χ3v) is 3.06. The number of hydrogen-bond acceptors (Lipinski definition) is 1. The van der Waals surface area contributed by atoms with Crippen LogP contribution in [0.3, 0.4) is 0 Å². The standard InChI is InChI=1S/C10H12ClN/c1-12-9-6-7-4-2-3-5-8(7)10(9)11/h2-5,9-10,12H,6H2,1H3/t9-,10+/m1/s1. The van der Waals surface area contributed by atoms with E-state index in [0.717, 1.165) is 6.42 Å². The van der Waals surface area contributed by atoms with Crippen molar-refractivity contribution < 1.29 is 0 Å². The molecule has 12 heavy (non-hydrogen) atoms. The summed E-state index contributed by atoms with van der Waals surface area (Å²) in [6, 6.07) is 8.79. The number of hydrogen-bond donors (Lipinski definition) is 1. The molecular weight excluding hydrogens is 170 g/mol. The van der Waals surface area contributed by atoms with Crippen molar-refractivity contribution in [3.8, 4) is 0 Å². The minimum Gasteiger partial charge on any atom is -0.315 e. The Kier molecular flexibility index (Phi) is 2.07. The molecule has 0 spiro atoms. The molecule has 2 atom stereocenters. The Bertz CT molecular complexity index is 285. The molecule has 0 fully saturated rings. The number of fused-ring (bicyclic) bond motifs is 1. The average Bonchev–Trinajstić information content (AvgIpc) is 2.44. The normalized spacial score (nSPS) is 27.2. The minimum atomic E-state index is 0.145. The van der Waals surface area contributed by atoms with Crippen molar-refractivity contribution in [2.45, 2.75) is 17.8 Å². The molecule has 0 amide bonds. The minimum absolute atomic E-state index is 0.145. The van der Waals surface area contributed by atoms with Crippen molar-refractivity contribution >= 4 is 11.6 Å². The van der Waals surface area contributed by atoms with E-state index in [-0.39, 0.29) is 5.38 Å². The van der Waals surface area contributed by atoms with Gasteiger partial charge in [-0.2, -0.15) is 0 Å². The predicted molar refractivity (Wildman–Crippen MR) is 51.6 cm³/mol. The van der Waals surface area contributed by atoms with E-state index in [1.54, 1.807) is 0 Å². The largest absolute Gasteiger partial charge is 0.315 e. The molecule has 0 aromatic heterocycles. The van der Waals surface area contributed by atoms with Crippen molar-refractivity contribution in [3.05, 3.63) is 35.4 Å². The van der Waals surface area contributed by atoms with Crippen LogP contribution in [0.1, 0.15) is 16.5 Å². The third-order valence-electron chi connectivity index (χ3n) is 2.52. The molecule has 1 aliphatic carbocycles. The highest BCUT2D eigenvalue weighted by Crippen LogP contribution is 2.35. The van der Waals surface area contributed by atoms with Gasteiger partial charge >= 0.3 is 0 Å². The molecule has 1 N–H and O–H groups in total. The summed E-state index contributed by atoms with van der Waals surface area (Å²) in [5.41, 5.74) is 2.68. The second-order valence-electron chi connectivity index (χ2n) is 3.20. The summed E-state index contributed by atoms with van der Waals surface area (Å²) >= 11 is 6.25. The quantitative estimate of drug-likeness (QED) is 0.655. The number of rotatable bonds is 1. The topological polar surface area (TPSA) is 12.0 Å².